The number of aromatic nitrogens is 1. The highest BCUT2D eigenvalue weighted by Gasteiger charge is 2.10. The SMILES string of the molecule is CCOc1cccnc1NCCC(C)(C)C. The Morgan fingerprint density at radius 3 is 2.75 bits per heavy atom. The fraction of sp³-hybridized carbons (Fsp3) is 0.615. The Kier molecular flexibility index (Phi) is 4.59. The van der Waals surface area contributed by atoms with E-state index in [1.165, 1.54) is 0 Å². The lowest BCUT2D eigenvalue weighted by molar-refractivity contribution is 0.340. The van der Waals surface area contributed by atoms with E-state index in [9.17, 15) is 0 Å². The summed E-state index contributed by atoms with van der Waals surface area (Å²) >= 11 is 0. The second-order valence-electron chi connectivity index (χ2n) is 5.02. The summed E-state index contributed by atoms with van der Waals surface area (Å²) in [6.45, 7) is 10.3. The average molecular weight is 222 g/mol. The van der Waals surface area contributed by atoms with Crippen LogP contribution in [-0.4, -0.2) is 18.1 Å². The lowest BCUT2D eigenvalue weighted by Crippen LogP contribution is -2.14. The van der Waals surface area contributed by atoms with Crippen molar-refractivity contribution in [3.8, 4) is 5.75 Å². The minimum atomic E-state index is 0.341. The minimum absolute atomic E-state index is 0.341. The molecule has 0 atom stereocenters. The maximum atomic E-state index is 5.49. The summed E-state index contributed by atoms with van der Waals surface area (Å²) in [6.07, 6.45) is 2.89. The normalized spacial score (nSPS) is 11.2. The number of rotatable bonds is 5. The average Bonchev–Trinajstić information content (AvgIpc) is 2.19. The molecule has 0 aliphatic heterocycles. The van der Waals surface area contributed by atoms with Gasteiger partial charge in [-0.15, -0.1) is 0 Å². The first-order chi connectivity index (χ1) is 7.53. The molecule has 0 aliphatic carbocycles. The van der Waals surface area contributed by atoms with Gasteiger partial charge in [0.05, 0.1) is 6.61 Å². The summed E-state index contributed by atoms with van der Waals surface area (Å²) < 4.78 is 5.49. The highest BCUT2D eigenvalue weighted by Crippen LogP contribution is 2.22. The van der Waals surface area contributed by atoms with Crippen LogP contribution in [0.3, 0.4) is 0 Å². The molecule has 3 nitrogen and oxygen atoms in total. The van der Waals surface area contributed by atoms with Crippen LogP contribution in [0.5, 0.6) is 5.75 Å². The van der Waals surface area contributed by atoms with Crippen molar-refractivity contribution < 1.29 is 4.74 Å². The standard InChI is InChI=1S/C13H22N2O/c1-5-16-11-7-6-9-14-12(11)15-10-8-13(2,3)4/h6-7,9H,5,8,10H2,1-4H3,(H,14,15). The van der Waals surface area contributed by atoms with Crippen LogP contribution in [0.1, 0.15) is 34.1 Å². The maximum Gasteiger partial charge on any atom is 0.168 e. The second-order valence-corrected chi connectivity index (χ2v) is 5.02. The Bertz CT molecular complexity index is 318. The number of nitrogens with one attached hydrogen (secondary N) is 1. The van der Waals surface area contributed by atoms with Gasteiger partial charge in [-0.3, -0.25) is 0 Å². The van der Waals surface area contributed by atoms with Gasteiger partial charge < -0.3 is 10.1 Å². The van der Waals surface area contributed by atoms with Crippen LogP contribution in [0.25, 0.3) is 0 Å². The molecule has 0 aliphatic rings. The molecular formula is C13H22N2O. The van der Waals surface area contributed by atoms with E-state index in [2.05, 4.69) is 31.1 Å². The van der Waals surface area contributed by atoms with Crippen molar-refractivity contribution in [1.82, 2.24) is 4.98 Å². The zero-order chi connectivity index (χ0) is 12.0. The van der Waals surface area contributed by atoms with Crippen LogP contribution in [0.15, 0.2) is 18.3 Å². The zero-order valence-electron chi connectivity index (χ0n) is 10.7. The zero-order valence-corrected chi connectivity index (χ0v) is 10.7. The molecule has 3 heteroatoms. The number of nitrogens with zero attached hydrogens (tertiary/aromatic N) is 1. The monoisotopic (exact) mass is 222 g/mol. The van der Waals surface area contributed by atoms with Crippen LogP contribution in [0.2, 0.25) is 0 Å². The van der Waals surface area contributed by atoms with Gasteiger partial charge in [-0.1, -0.05) is 20.8 Å². The van der Waals surface area contributed by atoms with E-state index in [4.69, 9.17) is 4.74 Å². The second kappa shape index (κ2) is 5.73. The van der Waals surface area contributed by atoms with Gasteiger partial charge in [0.2, 0.25) is 0 Å². The Labute approximate surface area is 98.2 Å². The summed E-state index contributed by atoms with van der Waals surface area (Å²) in [5.74, 6) is 1.67. The molecule has 1 aromatic heterocycles. The lowest BCUT2D eigenvalue weighted by atomic mass is 9.92. The first-order valence-corrected chi connectivity index (χ1v) is 5.84. The highest BCUT2D eigenvalue weighted by atomic mass is 16.5. The number of anilines is 1. The molecule has 0 amide bonds. The molecule has 0 spiro atoms. The molecule has 0 fully saturated rings. The molecule has 0 saturated carbocycles. The van der Waals surface area contributed by atoms with Crippen molar-refractivity contribution in [2.24, 2.45) is 5.41 Å². The fourth-order valence-electron chi connectivity index (χ4n) is 1.35. The molecule has 1 heterocycles. The Hall–Kier alpha value is -1.25. The molecule has 0 unspecified atom stereocenters. The quantitative estimate of drug-likeness (QED) is 0.829. The molecule has 0 aromatic carbocycles. The summed E-state index contributed by atoms with van der Waals surface area (Å²) in [7, 11) is 0. The number of hydrogen-bond acceptors (Lipinski definition) is 3. The van der Waals surface area contributed by atoms with Crippen LogP contribution in [-0.2, 0) is 0 Å². The predicted octanol–water partition coefficient (Wildman–Crippen LogP) is 3.33. The first-order valence-electron chi connectivity index (χ1n) is 5.84. The molecule has 1 rings (SSSR count). The molecule has 16 heavy (non-hydrogen) atoms. The van der Waals surface area contributed by atoms with Gasteiger partial charge in [0.15, 0.2) is 11.6 Å². The minimum Gasteiger partial charge on any atom is -0.490 e. The number of hydrogen-bond donors (Lipinski definition) is 1. The van der Waals surface area contributed by atoms with Crippen molar-refractivity contribution >= 4 is 5.82 Å². The van der Waals surface area contributed by atoms with Gasteiger partial charge in [0, 0.05) is 12.7 Å². The van der Waals surface area contributed by atoms with Gasteiger partial charge in [0.1, 0.15) is 0 Å². The van der Waals surface area contributed by atoms with Crippen molar-refractivity contribution in [3.63, 3.8) is 0 Å². The van der Waals surface area contributed by atoms with E-state index < -0.39 is 0 Å². The predicted molar refractivity (Wildman–Crippen MR) is 68.0 cm³/mol. The third-order valence-electron chi connectivity index (χ3n) is 2.24. The van der Waals surface area contributed by atoms with Crippen LogP contribution >= 0.6 is 0 Å². The van der Waals surface area contributed by atoms with Crippen LogP contribution in [0, 0.1) is 5.41 Å². The molecule has 0 radical (unpaired) electrons. The third-order valence-corrected chi connectivity index (χ3v) is 2.24. The molecule has 0 bridgehead atoms. The van der Waals surface area contributed by atoms with E-state index in [0.717, 1.165) is 24.5 Å². The van der Waals surface area contributed by atoms with E-state index in [1.807, 2.05) is 19.1 Å². The van der Waals surface area contributed by atoms with Gasteiger partial charge >= 0.3 is 0 Å². The largest absolute Gasteiger partial charge is 0.490 e. The van der Waals surface area contributed by atoms with Crippen molar-refractivity contribution in [1.29, 1.82) is 0 Å². The molecule has 1 aromatic rings. The number of ether oxygens (including phenoxy) is 1. The smallest absolute Gasteiger partial charge is 0.168 e. The summed E-state index contributed by atoms with van der Waals surface area (Å²) in [6, 6.07) is 3.83. The van der Waals surface area contributed by atoms with Crippen molar-refractivity contribution in [3.05, 3.63) is 18.3 Å². The van der Waals surface area contributed by atoms with E-state index in [0.29, 0.717) is 12.0 Å². The lowest BCUT2D eigenvalue weighted by Gasteiger charge is -2.19. The van der Waals surface area contributed by atoms with Crippen molar-refractivity contribution in [2.45, 2.75) is 34.1 Å². The van der Waals surface area contributed by atoms with Gasteiger partial charge in [-0.25, -0.2) is 4.98 Å². The Morgan fingerprint density at radius 1 is 1.38 bits per heavy atom. The van der Waals surface area contributed by atoms with Gasteiger partial charge in [-0.05, 0) is 30.9 Å². The van der Waals surface area contributed by atoms with Gasteiger partial charge in [0.25, 0.3) is 0 Å². The first kappa shape index (κ1) is 12.8. The number of pyridine rings is 1. The van der Waals surface area contributed by atoms with Crippen LogP contribution < -0.4 is 10.1 Å². The Morgan fingerprint density at radius 2 is 2.12 bits per heavy atom. The summed E-state index contributed by atoms with van der Waals surface area (Å²) in [5, 5.41) is 3.32. The molecular weight excluding hydrogens is 200 g/mol. The maximum absolute atomic E-state index is 5.49. The molecule has 1 N–H and O–H groups in total. The summed E-state index contributed by atoms with van der Waals surface area (Å²) in [5.41, 5.74) is 0.341. The third kappa shape index (κ3) is 4.51. The fourth-order valence-corrected chi connectivity index (χ4v) is 1.35. The molecule has 0 saturated heterocycles. The van der Waals surface area contributed by atoms with Crippen LogP contribution in [0.4, 0.5) is 5.82 Å². The molecule has 90 valence electrons. The van der Waals surface area contributed by atoms with Gasteiger partial charge in [-0.2, -0.15) is 0 Å². The highest BCUT2D eigenvalue weighted by molar-refractivity contribution is 5.49. The summed E-state index contributed by atoms with van der Waals surface area (Å²) in [4.78, 5) is 4.28. The van der Waals surface area contributed by atoms with E-state index in [-0.39, 0.29) is 0 Å². The Balaban J connectivity index is 2.52. The van der Waals surface area contributed by atoms with E-state index >= 15 is 0 Å². The topological polar surface area (TPSA) is 34.1 Å². The van der Waals surface area contributed by atoms with Crippen molar-refractivity contribution in [2.75, 3.05) is 18.5 Å². The van der Waals surface area contributed by atoms with E-state index in [1.54, 1.807) is 6.20 Å².